The number of aryl methyl sites for hydroxylation is 1. The van der Waals surface area contributed by atoms with Crippen LogP contribution in [0.4, 0.5) is 4.79 Å². The van der Waals surface area contributed by atoms with E-state index in [-0.39, 0.29) is 12.0 Å². The summed E-state index contributed by atoms with van der Waals surface area (Å²) in [6.45, 7) is 6.43. The van der Waals surface area contributed by atoms with Gasteiger partial charge in [-0.15, -0.1) is 0 Å². The van der Waals surface area contributed by atoms with E-state index in [1.54, 1.807) is 31.1 Å². The van der Waals surface area contributed by atoms with Gasteiger partial charge < -0.3 is 28.7 Å². The Morgan fingerprint density at radius 3 is 1.97 bits per heavy atom. The highest BCUT2D eigenvalue weighted by atomic mass is 16.6. The molecule has 0 radical (unpaired) electrons. The summed E-state index contributed by atoms with van der Waals surface area (Å²) in [5.74, 6) is 2.04. The molecular formula is C21H32N2O6. The van der Waals surface area contributed by atoms with E-state index in [1.165, 1.54) is 0 Å². The third-order valence-electron chi connectivity index (χ3n) is 4.78. The van der Waals surface area contributed by atoms with Crippen molar-refractivity contribution >= 4 is 12.0 Å². The predicted octanol–water partition coefficient (Wildman–Crippen LogP) is 2.58. The van der Waals surface area contributed by atoms with Gasteiger partial charge in [-0.25, -0.2) is 4.79 Å². The third kappa shape index (κ3) is 6.17. The van der Waals surface area contributed by atoms with E-state index in [1.807, 2.05) is 26.0 Å². The minimum absolute atomic E-state index is 0.0638. The van der Waals surface area contributed by atoms with E-state index >= 15 is 0 Å². The topological polar surface area (TPSA) is 77.5 Å². The molecule has 0 saturated carbocycles. The summed E-state index contributed by atoms with van der Waals surface area (Å²) in [5, 5.41) is 0. The fraction of sp³-hybridized carbons (Fsp3) is 0.619. The Morgan fingerprint density at radius 1 is 0.931 bits per heavy atom. The van der Waals surface area contributed by atoms with Crippen molar-refractivity contribution in [3.05, 3.63) is 17.7 Å². The van der Waals surface area contributed by atoms with Crippen molar-refractivity contribution < 1.29 is 28.5 Å². The third-order valence-corrected chi connectivity index (χ3v) is 4.78. The fourth-order valence-corrected chi connectivity index (χ4v) is 3.16. The molecule has 1 aliphatic heterocycles. The molecule has 0 bridgehead atoms. The Labute approximate surface area is 172 Å². The average Bonchev–Trinajstić information content (AvgIpc) is 2.74. The lowest BCUT2D eigenvalue weighted by molar-refractivity contribution is -0.132. The smallest absolute Gasteiger partial charge is 0.409 e. The van der Waals surface area contributed by atoms with Gasteiger partial charge in [0.2, 0.25) is 11.7 Å². The van der Waals surface area contributed by atoms with Gasteiger partial charge in [-0.2, -0.15) is 0 Å². The van der Waals surface area contributed by atoms with Crippen molar-refractivity contribution in [2.45, 2.75) is 26.7 Å². The zero-order valence-corrected chi connectivity index (χ0v) is 18.0. The predicted molar refractivity (Wildman–Crippen MR) is 109 cm³/mol. The maximum atomic E-state index is 12.6. The minimum Gasteiger partial charge on any atom is -0.493 e. The second-order valence-corrected chi connectivity index (χ2v) is 7.37. The molecule has 2 amide bonds. The normalized spacial score (nSPS) is 14.0. The largest absolute Gasteiger partial charge is 0.493 e. The molecule has 8 heteroatoms. The molecular weight excluding hydrogens is 376 g/mol. The maximum absolute atomic E-state index is 12.6. The van der Waals surface area contributed by atoms with Gasteiger partial charge in [-0.1, -0.05) is 13.8 Å². The van der Waals surface area contributed by atoms with Crippen molar-refractivity contribution in [1.29, 1.82) is 0 Å². The highest BCUT2D eigenvalue weighted by Crippen LogP contribution is 2.38. The molecule has 1 fully saturated rings. The van der Waals surface area contributed by atoms with Gasteiger partial charge in [0.15, 0.2) is 11.5 Å². The van der Waals surface area contributed by atoms with Crippen LogP contribution in [0.2, 0.25) is 0 Å². The van der Waals surface area contributed by atoms with Gasteiger partial charge >= 0.3 is 6.09 Å². The Hall–Kier alpha value is -2.64. The molecule has 1 aromatic carbocycles. The number of ether oxygens (including phenoxy) is 4. The first-order valence-corrected chi connectivity index (χ1v) is 9.88. The Bertz CT molecular complexity index is 673. The number of rotatable bonds is 8. The van der Waals surface area contributed by atoms with Crippen LogP contribution in [0.25, 0.3) is 0 Å². The molecule has 2 rings (SSSR count). The van der Waals surface area contributed by atoms with Crippen LogP contribution in [-0.4, -0.2) is 75.9 Å². The van der Waals surface area contributed by atoms with Crippen molar-refractivity contribution in [2.24, 2.45) is 5.92 Å². The average molecular weight is 408 g/mol. The number of amides is 2. The summed E-state index contributed by atoms with van der Waals surface area (Å²) in [5.41, 5.74) is 0.934. The van der Waals surface area contributed by atoms with Crippen LogP contribution in [0.1, 0.15) is 25.8 Å². The van der Waals surface area contributed by atoms with Crippen LogP contribution in [0, 0.1) is 5.92 Å². The van der Waals surface area contributed by atoms with Crippen LogP contribution < -0.4 is 14.2 Å². The molecule has 1 aliphatic rings. The molecule has 8 nitrogen and oxygen atoms in total. The first-order valence-electron chi connectivity index (χ1n) is 9.88. The van der Waals surface area contributed by atoms with E-state index in [0.29, 0.717) is 68.8 Å². The number of piperazine rings is 1. The van der Waals surface area contributed by atoms with E-state index in [0.717, 1.165) is 5.56 Å². The number of hydrogen-bond acceptors (Lipinski definition) is 6. The van der Waals surface area contributed by atoms with Gasteiger partial charge in [-0.05, 0) is 30.0 Å². The molecule has 162 valence electrons. The highest BCUT2D eigenvalue weighted by molar-refractivity contribution is 5.77. The number of nitrogens with zero attached hydrogens (tertiary/aromatic N) is 2. The van der Waals surface area contributed by atoms with Crippen molar-refractivity contribution in [2.75, 3.05) is 54.1 Å². The van der Waals surface area contributed by atoms with Crippen molar-refractivity contribution in [3.8, 4) is 17.2 Å². The summed E-state index contributed by atoms with van der Waals surface area (Å²) >= 11 is 0. The number of methoxy groups -OCH3 is 3. The molecule has 0 atom stereocenters. The lowest BCUT2D eigenvalue weighted by atomic mass is 10.1. The van der Waals surface area contributed by atoms with Crippen molar-refractivity contribution in [3.63, 3.8) is 0 Å². The molecule has 0 spiro atoms. The fourth-order valence-electron chi connectivity index (χ4n) is 3.16. The van der Waals surface area contributed by atoms with Crippen LogP contribution >= 0.6 is 0 Å². The molecule has 0 aromatic heterocycles. The zero-order valence-electron chi connectivity index (χ0n) is 18.0. The highest BCUT2D eigenvalue weighted by Gasteiger charge is 2.25. The lowest BCUT2D eigenvalue weighted by Gasteiger charge is -2.34. The SMILES string of the molecule is COc1cc(CCC(=O)N2CCN(C(=O)OCC(C)C)CC2)cc(OC)c1OC. The van der Waals surface area contributed by atoms with Gasteiger partial charge in [0.1, 0.15) is 0 Å². The first-order chi connectivity index (χ1) is 13.9. The molecule has 0 unspecified atom stereocenters. The monoisotopic (exact) mass is 408 g/mol. The number of carbonyl (C=O) groups excluding carboxylic acids is 2. The van der Waals surface area contributed by atoms with Crippen LogP contribution in [0.5, 0.6) is 17.2 Å². The van der Waals surface area contributed by atoms with Gasteiger partial charge in [0, 0.05) is 32.6 Å². The van der Waals surface area contributed by atoms with E-state index < -0.39 is 0 Å². The molecule has 0 N–H and O–H groups in total. The quantitative estimate of drug-likeness (QED) is 0.658. The molecule has 1 saturated heterocycles. The zero-order chi connectivity index (χ0) is 21.4. The van der Waals surface area contributed by atoms with Crippen LogP contribution in [0.3, 0.4) is 0 Å². The van der Waals surface area contributed by atoms with E-state index in [4.69, 9.17) is 18.9 Å². The summed E-state index contributed by atoms with van der Waals surface area (Å²) in [4.78, 5) is 28.1. The summed E-state index contributed by atoms with van der Waals surface area (Å²) in [7, 11) is 4.69. The second-order valence-electron chi connectivity index (χ2n) is 7.37. The lowest BCUT2D eigenvalue weighted by Crippen LogP contribution is -2.50. The maximum Gasteiger partial charge on any atom is 0.409 e. The Balaban J connectivity index is 1.87. The Kier molecular flexibility index (Phi) is 8.42. The van der Waals surface area contributed by atoms with Crippen LogP contribution in [0.15, 0.2) is 12.1 Å². The second kappa shape index (κ2) is 10.8. The first kappa shape index (κ1) is 22.6. The van der Waals surface area contributed by atoms with Crippen molar-refractivity contribution in [1.82, 2.24) is 9.80 Å². The molecule has 1 heterocycles. The number of hydrogen-bond donors (Lipinski definition) is 0. The molecule has 29 heavy (non-hydrogen) atoms. The Morgan fingerprint density at radius 2 is 1.48 bits per heavy atom. The van der Waals surface area contributed by atoms with Crippen LogP contribution in [-0.2, 0) is 16.0 Å². The standard InChI is InChI=1S/C21H32N2O6/c1-15(2)14-29-21(25)23-10-8-22(9-11-23)19(24)7-6-16-12-17(26-3)20(28-5)18(13-16)27-4/h12-13,15H,6-11,14H2,1-5H3. The number of benzene rings is 1. The summed E-state index contributed by atoms with van der Waals surface area (Å²) in [6.07, 6.45) is 0.631. The molecule has 1 aromatic rings. The number of carbonyl (C=O) groups is 2. The van der Waals surface area contributed by atoms with Gasteiger partial charge in [0.25, 0.3) is 0 Å². The minimum atomic E-state index is -0.303. The van der Waals surface area contributed by atoms with E-state index in [2.05, 4.69) is 0 Å². The van der Waals surface area contributed by atoms with Gasteiger partial charge in [0.05, 0.1) is 27.9 Å². The molecule has 0 aliphatic carbocycles. The summed E-state index contributed by atoms with van der Waals surface area (Å²) < 4.78 is 21.3. The van der Waals surface area contributed by atoms with Gasteiger partial charge in [-0.3, -0.25) is 4.79 Å². The van der Waals surface area contributed by atoms with E-state index in [9.17, 15) is 9.59 Å². The summed E-state index contributed by atoms with van der Waals surface area (Å²) in [6, 6.07) is 3.72.